The van der Waals surface area contributed by atoms with Crippen LogP contribution in [0.15, 0.2) is 0 Å². The molecule has 2 aliphatic heterocycles. The van der Waals surface area contributed by atoms with Crippen LogP contribution in [0.25, 0.3) is 0 Å². The fourth-order valence-corrected chi connectivity index (χ4v) is 5.76. The summed E-state index contributed by atoms with van der Waals surface area (Å²) in [5.41, 5.74) is 0. The van der Waals surface area contributed by atoms with Crippen LogP contribution in [0, 0.1) is 0 Å². The molecule has 0 N–H and O–H groups in total. The molecule has 0 spiro atoms. The molecule has 3 atom stereocenters. The molecule has 0 saturated carbocycles. The average molecular weight is 248 g/mol. The molecule has 0 amide bonds. The lowest BCUT2D eigenvalue weighted by Gasteiger charge is -2.20. The molecular formula is C10H16O3S2. The molecule has 0 aromatic carbocycles. The van der Waals surface area contributed by atoms with Crippen LogP contribution >= 0.6 is 23.5 Å². The third-order valence-electron chi connectivity index (χ3n) is 2.69. The van der Waals surface area contributed by atoms with Crippen molar-refractivity contribution in [1.29, 1.82) is 0 Å². The highest BCUT2D eigenvalue weighted by Crippen LogP contribution is 2.56. The van der Waals surface area contributed by atoms with Crippen molar-refractivity contribution in [3.63, 3.8) is 0 Å². The lowest BCUT2D eigenvalue weighted by Crippen LogP contribution is -2.24. The molecule has 2 rings (SSSR count). The number of hydrogen-bond acceptors (Lipinski definition) is 5. The lowest BCUT2D eigenvalue weighted by molar-refractivity contribution is -0.140. The van der Waals surface area contributed by atoms with Crippen molar-refractivity contribution >= 4 is 29.5 Å². The first-order valence-corrected chi connectivity index (χ1v) is 7.03. The molecule has 5 heteroatoms. The van der Waals surface area contributed by atoms with Gasteiger partial charge in [0.15, 0.2) is 0 Å². The third kappa shape index (κ3) is 2.63. The normalized spacial score (nSPS) is 39.1. The van der Waals surface area contributed by atoms with Gasteiger partial charge in [0.05, 0.1) is 11.2 Å². The third-order valence-corrected chi connectivity index (χ3v) is 6.39. The van der Waals surface area contributed by atoms with Gasteiger partial charge < -0.3 is 9.47 Å². The molecule has 0 bridgehead atoms. The minimum Gasteiger partial charge on any atom is -0.466 e. The Kier molecular flexibility index (Phi) is 3.52. The van der Waals surface area contributed by atoms with E-state index in [4.69, 9.17) is 9.47 Å². The van der Waals surface area contributed by atoms with Crippen LogP contribution in [0.4, 0.5) is 0 Å². The Morgan fingerprint density at radius 2 is 2.47 bits per heavy atom. The Balaban J connectivity index is 1.76. The van der Waals surface area contributed by atoms with Crippen LogP contribution in [-0.2, 0) is 14.3 Å². The first-order valence-electron chi connectivity index (χ1n) is 5.21. The number of esters is 1. The number of rotatable bonds is 3. The summed E-state index contributed by atoms with van der Waals surface area (Å²) in [5, 5.41) is 0.616. The summed E-state index contributed by atoms with van der Waals surface area (Å²) in [6, 6.07) is 0. The van der Waals surface area contributed by atoms with E-state index in [-0.39, 0.29) is 10.9 Å². The Bertz CT molecular complexity index is 259. The number of hydrogen-bond donors (Lipinski definition) is 0. The second-order valence-electron chi connectivity index (χ2n) is 3.95. The van der Waals surface area contributed by atoms with Crippen LogP contribution in [0.5, 0.6) is 0 Å². The maximum atomic E-state index is 10.6. The Morgan fingerprint density at radius 3 is 3.13 bits per heavy atom. The maximum absolute atomic E-state index is 10.6. The van der Waals surface area contributed by atoms with E-state index in [9.17, 15) is 4.79 Å². The number of fused-ring (bicyclic) bond motifs is 1. The highest BCUT2D eigenvalue weighted by molar-refractivity contribution is 8.21. The van der Waals surface area contributed by atoms with Gasteiger partial charge in [-0.15, -0.1) is 23.5 Å². The summed E-state index contributed by atoms with van der Waals surface area (Å²) in [6.45, 7) is 5.04. The van der Waals surface area contributed by atoms with Crippen molar-refractivity contribution in [1.82, 2.24) is 0 Å². The van der Waals surface area contributed by atoms with Crippen molar-refractivity contribution < 1.29 is 14.3 Å². The smallest absolute Gasteiger partial charge is 0.302 e. The Hall–Kier alpha value is 0.130. The molecule has 86 valence electrons. The van der Waals surface area contributed by atoms with Gasteiger partial charge in [0.1, 0.15) is 4.93 Å². The zero-order chi connectivity index (χ0) is 10.9. The van der Waals surface area contributed by atoms with Crippen LogP contribution in [0.1, 0.15) is 26.7 Å². The zero-order valence-corrected chi connectivity index (χ0v) is 10.7. The zero-order valence-electron chi connectivity index (χ0n) is 9.02. The van der Waals surface area contributed by atoms with Gasteiger partial charge in [-0.25, -0.2) is 0 Å². The molecule has 2 heterocycles. The molecule has 2 fully saturated rings. The number of carbonyl (C=O) groups is 1. The number of ether oxygens (including phenoxy) is 2. The monoisotopic (exact) mass is 248 g/mol. The summed E-state index contributed by atoms with van der Waals surface area (Å²) in [6.07, 6.45) is 2.07. The van der Waals surface area contributed by atoms with Gasteiger partial charge in [0.25, 0.3) is 0 Å². The molecule has 0 aromatic rings. The average Bonchev–Trinajstić information content (AvgIpc) is 2.58. The van der Waals surface area contributed by atoms with Crippen molar-refractivity contribution in [3.05, 3.63) is 0 Å². The molecule has 15 heavy (non-hydrogen) atoms. The van der Waals surface area contributed by atoms with E-state index in [1.165, 1.54) is 6.92 Å². The maximum Gasteiger partial charge on any atom is 0.302 e. The van der Waals surface area contributed by atoms with Crippen molar-refractivity contribution in [3.8, 4) is 0 Å². The second kappa shape index (κ2) is 4.55. The molecule has 0 aliphatic carbocycles. The van der Waals surface area contributed by atoms with Gasteiger partial charge >= 0.3 is 5.97 Å². The number of carbonyl (C=O) groups excluding carboxylic acids is 1. The predicted molar refractivity (Wildman–Crippen MR) is 63.0 cm³/mol. The summed E-state index contributed by atoms with van der Waals surface area (Å²) < 4.78 is 11.2. The van der Waals surface area contributed by atoms with Gasteiger partial charge in [-0.1, -0.05) is 0 Å². The van der Waals surface area contributed by atoms with E-state index >= 15 is 0 Å². The molecule has 3 unspecified atom stereocenters. The minimum absolute atomic E-state index is 0.00551. The molecule has 3 nitrogen and oxygen atoms in total. The summed E-state index contributed by atoms with van der Waals surface area (Å²) in [5.74, 6) is -0.189. The van der Waals surface area contributed by atoms with Crippen LogP contribution in [0.3, 0.4) is 0 Å². The first-order chi connectivity index (χ1) is 7.10. The van der Waals surface area contributed by atoms with Crippen molar-refractivity contribution in [2.45, 2.75) is 41.5 Å². The second-order valence-corrected chi connectivity index (χ2v) is 7.28. The fraction of sp³-hybridized carbons (Fsp3) is 0.900. The van der Waals surface area contributed by atoms with Gasteiger partial charge in [-0.05, 0) is 13.3 Å². The van der Waals surface area contributed by atoms with E-state index in [1.54, 1.807) is 0 Å². The van der Waals surface area contributed by atoms with Crippen LogP contribution in [0.2, 0.25) is 0 Å². The predicted octanol–water partition coefficient (Wildman–Crippen LogP) is 2.25. The lowest BCUT2D eigenvalue weighted by atomic mass is 10.2. The van der Waals surface area contributed by atoms with E-state index in [1.807, 2.05) is 23.5 Å². The van der Waals surface area contributed by atoms with E-state index in [0.717, 1.165) is 19.4 Å². The Labute approximate surface area is 98.6 Å². The van der Waals surface area contributed by atoms with Crippen LogP contribution in [-0.4, -0.2) is 33.9 Å². The summed E-state index contributed by atoms with van der Waals surface area (Å²) >= 11 is 3.86. The fourth-order valence-electron chi connectivity index (χ4n) is 1.92. The topological polar surface area (TPSA) is 35.5 Å². The summed E-state index contributed by atoms with van der Waals surface area (Å²) in [4.78, 5) is 10.6. The van der Waals surface area contributed by atoms with Gasteiger partial charge in [0.2, 0.25) is 0 Å². The van der Waals surface area contributed by atoms with E-state index in [2.05, 4.69) is 6.92 Å². The Morgan fingerprint density at radius 1 is 1.67 bits per heavy atom. The summed E-state index contributed by atoms with van der Waals surface area (Å²) in [7, 11) is 0. The van der Waals surface area contributed by atoms with Crippen molar-refractivity contribution in [2.24, 2.45) is 0 Å². The standard InChI is InChI=1S/C10H16O3S2/c1-7(11)12-5-4-9-14-8-3-6-13-10(8,2)15-9/h8-9H,3-6H2,1-2H3. The largest absolute Gasteiger partial charge is 0.466 e. The molecular weight excluding hydrogens is 232 g/mol. The molecule has 2 aliphatic rings. The van der Waals surface area contributed by atoms with Gasteiger partial charge in [-0.2, -0.15) is 0 Å². The SMILES string of the molecule is CC(=O)OCCC1SC2CCOC2(C)S1. The highest BCUT2D eigenvalue weighted by atomic mass is 32.2. The van der Waals surface area contributed by atoms with E-state index < -0.39 is 0 Å². The minimum atomic E-state index is -0.189. The van der Waals surface area contributed by atoms with Crippen LogP contribution < -0.4 is 0 Å². The first kappa shape index (κ1) is 11.6. The van der Waals surface area contributed by atoms with E-state index in [0.29, 0.717) is 16.4 Å². The van der Waals surface area contributed by atoms with Gasteiger partial charge in [0, 0.05) is 25.2 Å². The molecule has 0 aromatic heterocycles. The number of thioether (sulfide) groups is 2. The molecule has 2 saturated heterocycles. The van der Waals surface area contributed by atoms with Crippen molar-refractivity contribution in [2.75, 3.05) is 13.2 Å². The van der Waals surface area contributed by atoms with Gasteiger partial charge in [-0.3, -0.25) is 4.79 Å². The quantitative estimate of drug-likeness (QED) is 0.716. The molecule has 0 radical (unpaired) electrons. The highest BCUT2D eigenvalue weighted by Gasteiger charge is 2.49.